The minimum absolute atomic E-state index is 0.0863. The van der Waals surface area contributed by atoms with Gasteiger partial charge in [0.25, 0.3) is 0 Å². The number of hydrogen-bond donors (Lipinski definition) is 1. The molecule has 1 aromatic carbocycles. The van der Waals surface area contributed by atoms with Crippen LogP contribution in [0.1, 0.15) is 36.1 Å². The standard InChI is InChI=1S/C12H16O4/c1-8(2)16-12(14)10-6-4-5-9(7-10)11(13)15-3/h4-8,12,14H,1-3H3. The van der Waals surface area contributed by atoms with Crippen molar-refractivity contribution < 1.29 is 19.4 Å². The number of benzene rings is 1. The van der Waals surface area contributed by atoms with Gasteiger partial charge in [-0.05, 0) is 26.0 Å². The van der Waals surface area contributed by atoms with Gasteiger partial charge >= 0.3 is 5.97 Å². The first-order valence-electron chi connectivity index (χ1n) is 5.06. The van der Waals surface area contributed by atoms with E-state index >= 15 is 0 Å². The number of aliphatic hydroxyl groups is 1. The van der Waals surface area contributed by atoms with Gasteiger partial charge in [0.05, 0.1) is 18.8 Å². The van der Waals surface area contributed by atoms with Crippen LogP contribution >= 0.6 is 0 Å². The molecule has 0 aromatic heterocycles. The van der Waals surface area contributed by atoms with Crippen LogP contribution in [0.5, 0.6) is 0 Å². The van der Waals surface area contributed by atoms with Crippen molar-refractivity contribution in [2.75, 3.05) is 7.11 Å². The van der Waals surface area contributed by atoms with Crippen LogP contribution in [0.25, 0.3) is 0 Å². The Balaban J connectivity index is 2.85. The van der Waals surface area contributed by atoms with Crippen LogP contribution in [0.3, 0.4) is 0 Å². The molecule has 1 N–H and O–H groups in total. The van der Waals surface area contributed by atoms with Crippen molar-refractivity contribution in [2.24, 2.45) is 0 Å². The number of esters is 1. The predicted octanol–water partition coefficient (Wildman–Crippen LogP) is 1.89. The highest BCUT2D eigenvalue weighted by Crippen LogP contribution is 2.17. The fraction of sp³-hybridized carbons (Fsp3) is 0.417. The van der Waals surface area contributed by atoms with Crippen LogP contribution in [-0.2, 0) is 9.47 Å². The molecule has 88 valence electrons. The minimum Gasteiger partial charge on any atom is -0.465 e. The van der Waals surface area contributed by atoms with Crippen molar-refractivity contribution in [1.82, 2.24) is 0 Å². The van der Waals surface area contributed by atoms with Crippen LogP contribution < -0.4 is 0 Å². The van der Waals surface area contributed by atoms with Crippen molar-refractivity contribution in [3.63, 3.8) is 0 Å². The molecule has 0 saturated heterocycles. The second kappa shape index (κ2) is 5.63. The summed E-state index contributed by atoms with van der Waals surface area (Å²) in [5, 5.41) is 9.70. The molecule has 0 saturated carbocycles. The van der Waals surface area contributed by atoms with E-state index in [9.17, 15) is 9.90 Å². The van der Waals surface area contributed by atoms with Gasteiger partial charge in [0, 0.05) is 5.56 Å². The van der Waals surface area contributed by atoms with E-state index in [-0.39, 0.29) is 6.10 Å². The normalized spacial score (nSPS) is 12.6. The van der Waals surface area contributed by atoms with Crippen molar-refractivity contribution >= 4 is 5.97 Å². The first-order valence-corrected chi connectivity index (χ1v) is 5.06. The number of carbonyl (C=O) groups is 1. The third-order valence-corrected chi connectivity index (χ3v) is 1.99. The van der Waals surface area contributed by atoms with E-state index in [0.717, 1.165) is 0 Å². The highest BCUT2D eigenvalue weighted by atomic mass is 16.6. The fourth-order valence-electron chi connectivity index (χ4n) is 1.27. The maximum atomic E-state index is 11.3. The number of hydrogen-bond acceptors (Lipinski definition) is 4. The Labute approximate surface area is 94.8 Å². The summed E-state index contributed by atoms with van der Waals surface area (Å²) in [6.07, 6.45) is -1.11. The molecule has 0 bridgehead atoms. The first kappa shape index (κ1) is 12.7. The molecular formula is C12H16O4. The molecule has 16 heavy (non-hydrogen) atoms. The fourth-order valence-corrected chi connectivity index (χ4v) is 1.27. The lowest BCUT2D eigenvalue weighted by molar-refractivity contribution is -0.129. The number of ether oxygens (including phenoxy) is 2. The molecule has 0 heterocycles. The summed E-state index contributed by atoms with van der Waals surface area (Å²) in [6.45, 7) is 3.65. The zero-order chi connectivity index (χ0) is 12.1. The summed E-state index contributed by atoms with van der Waals surface area (Å²) < 4.78 is 9.80. The third kappa shape index (κ3) is 3.32. The molecular weight excluding hydrogens is 208 g/mol. The summed E-state index contributed by atoms with van der Waals surface area (Å²) in [5.74, 6) is -0.432. The number of rotatable bonds is 4. The number of carbonyl (C=O) groups excluding carboxylic acids is 1. The Morgan fingerprint density at radius 3 is 2.62 bits per heavy atom. The van der Waals surface area contributed by atoms with Crippen molar-refractivity contribution in [3.8, 4) is 0 Å². The highest BCUT2D eigenvalue weighted by molar-refractivity contribution is 5.89. The van der Waals surface area contributed by atoms with Crippen LogP contribution in [0.2, 0.25) is 0 Å². The molecule has 0 spiro atoms. The Morgan fingerprint density at radius 1 is 1.38 bits per heavy atom. The predicted molar refractivity (Wildman–Crippen MR) is 59.0 cm³/mol. The second-order valence-corrected chi connectivity index (χ2v) is 3.65. The zero-order valence-electron chi connectivity index (χ0n) is 9.64. The molecule has 0 aliphatic rings. The van der Waals surface area contributed by atoms with Crippen LogP contribution in [0, 0.1) is 0 Å². The van der Waals surface area contributed by atoms with Gasteiger partial charge in [0.1, 0.15) is 0 Å². The van der Waals surface area contributed by atoms with E-state index in [0.29, 0.717) is 11.1 Å². The van der Waals surface area contributed by atoms with Gasteiger partial charge < -0.3 is 14.6 Å². The molecule has 0 aliphatic carbocycles. The van der Waals surface area contributed by atoms with Gasteiger partial charge in [0.2, 0.25) is 0 Å². The van der Waals surface area contributed by atoms with Crippen molar-refractivity contribution in [2.45, 2.75) is 26.2 Å². The monoisotopic (exact) mass is 224 g/mol. The molecule has 1 unspecified atom stereocenters. The third-order valence-electron chi connectivity index (χ3n) is 1.99. The largest absolute Gasteiger partial charge is 0.465 e. The van der Waals surface area contributed by atoms with E-state index in [1.54, 1.807) is 24.3 Å². The minimum atomic E-state index is -1.02. The average molecular weight is 224 g/mol. The molecule has 1 atom stereocenters. The van der Waals surface area contributed by atoms with E-state index in [2.05, 4.69) is 4.74 Å². The van der Waals surface area contributed by atoms with Gasteiger partial charge in [-0.15, -0.1) is 0 Å². The molecule has 1 rings (SSSR count). The van der Waals surface area contributed by atoms with Crippen LogP contribution in [0.15, 0.2) is 24.3 Å². The number of aliphatic hydroxyl groups excluding tert-OH is 1. The molecule has 1 aromatic rings. The van der Waals surface area contributed by atoms with E-state index in [4.69, 9.17) is 4.74 Å². The smallest absolute Gasteiger partial charge is 0.337 e. The summed E-state index contributed by atoms with van der Waals surface area (Å²) in [5.41, 5.74) is 0.933. The van der Waals surface area contributed by atoms with Gasteiger partial charge in [-0.3, -0.25) is 0 Å². The Hall–Kier alpha value is -1.39. The highest BCUT2D eigenvalue weighted by Gasteiger charge is 2.12. The van der Waals surface area contributed by atoms with Gasteiger partial charge in [-0.25, -0.2) is 4.79 Å². The number of methoxy groups -OCH3 is 1. The van der Waals surface area contributed by atoms with Crippen LogP contribution in [-0.4, -0.2) is 24.3 Å². The van der Waals surface area contributed by atoms with Gasteiger partial charge in [-0.1, -0.05) is 12.1 Å². The van der Waals surface area contributed by atoms with Crippen LogP contribution in [0.4, 0.5) is 0 Å². The van der Waals surface area contributed by atoms with E-state index in [1.807, 2.05) is 13.8 Å². The summed E-state index contributed by atoms with van der Waals surface area (Å²) in [4.78, 5) is 11.3. The lowest BCUT2D eigenvalue weighted by Crippen LogP contribution is -2.11. The molecule has 0 aliphatic heterocycles. The lowest BCUT2D eigenvalue weighted by Gasteiger charge is -2.15. The van der Waals surface area contributed by atoms with E-state index < -0.39 is 12.3 Å². The summed E-state index contributed by atoms with van der Waals surface area (Å²) >= 11 is 0. The summed E-state index contributed by atoms with van der Waals surface area (Å²) in [6, 6.07) is 6.55. The zero-order valence-corrected chi connectivity index (χ0v) is 9.64. The second-order valence-electron chi connectivity index (χ2n) is 3.65. The molecule has 0 amide bonds. The van der Waals surface area contributed by atoms with Crippen molar-refractivity contribution in [1.29, 1.82) is 0 Å². The molecule has 4 heteroatoms. The topological polar surface area (TPSA) is 55.8 Å². The summed E-state index contributed by atoms with van der Waals surface area (Å²) in [7, 11) is 1.32. The first-order chi connectivity index (χ1) is 7.54. The van der Waals surface area contributed by atoms with Gasteiger partial charge in [-0.2, -0.15) is 0 Å². The maximum Gasteiger partial charge on any atom is 0.337 e. The Kier molecular flexibility index (Phi) is 4.46. The quantitative estimate of drug-likeness (QED) is 0.626. The molecule has 0 fully saturated rings. The lowest BCUT2D eigenvalue weighted by atomic mass is 10.1. The van der Waals surface area contributed by atoms with E-state index in [1.165, 1.54) is 7.11 Å². The average Bonchev–Trinajstić information content (AvgIpc) is 2.27. The maximum absolute atomic E-state index is 11.3. The Morgan fingerprint density at radius 2 is 2.06 bits per heavy atom. The SMILES string of the molecule is COC(=O)c1cccc(C(O)OC(C)C)c1. The van der Waals surface area contributed by atoms with Crippen molar-refractivity contribution in [3.05, 3.63) is 35.4 Å². The Bertz CT molecular complexity index is 360. The molecule has 0 radical (unpaired) electrons. The van der Waals surface area contributed by atoms with Gasteiger partial charge in [0.15, 0.2) is 6.29 Å². The molecule has 4 nitrogen and oxygen atoms in total.